The highest BCUT2D eigenvalue weighted by Gasteiger charge is 2.35. The van der Waals surface area contributed by atoms with Crippen molar-refractivity contribution in [2.45, 2.75) is 26.4 Å². The number of aromatic hydroxyl groups is 1. The maximum Gasteiger partial charge on any atom is 0.417 e. The molecule has 0 bridgehead atoms. The van der Waals surface area contributed by atoms with Gasteiger partial charge < -0.3 is 15.7 Å². The molecule has 158 valence electrons. The Morgan fingerprint density at radius 1 is 1.13 bits per heavy atom. The Morgan fingerprint density at radius 3 is 2.33 bits per heavy atom. The van der Waals surface area contributed by atoms with Crippen LogP contribution in [0.1, 0.15) is 31.4 Å². The van der Waals surface area contributed by atoms with Crippen LogP contribution < -0.4 is 10.6 Å². The molecule has 30 heavy (non-hydrogen) atoms. The molecular weight excluding hydrogens is 403 g/mol. The van der Waals surface area contributed by atoms with Gasteiger partial charge >= 0.3 is 6.18 Å². The van der Waals surface area contributed by atoms with Gasteiger partial charge in [-0.05, 0) is 29.8 Å². The Bertz CT molecular complexity index is 1030. The summed E-state index contributed by atoms with van der Waals surface area (Å²) in [5.41, 5.74) is -2.70. The van der Waals surface area contributed by atoms with Crippen LogP contribution in [-0.4, -0.2) is 28.9 Å². The number of phenolic OH excluding ortho intramolecular Hbond substituents is 1. The smallest absolute Gasteiger partial charge is 0.417 e. The molecule has 0 saturated carbocycles. The Balaban J connectivity index is 2.79. The predicted octanol–water partition coefficient (Wildman–Crippen LogP) is 3.95. The van der Waals surface area contributed by atoms with E-state index in [1.165, 1.54) is 13.0 Å². The second kappa shape index (κ2) is 8.76. The summed E-state index contributed by atoms with van der Waals surface area (Å²) < 4.78 is 41.2. The zero-order chi connectivity index (χ0) is 22.6. The van der Waals surface area contributed by atoms with Crippen LogP contribution in [-0.2, 0) is 20.6 Å². The third kappa shape index (κ3) is 5.02. The van der Waals surface area contributed by atoms with Gasteiger partial charge in [0.05, 0.1) is 5.56 Å². The van der Waals surface area contributed by atoms with E-state index >= 15 is 0 Å². The highest BCUT2D eigenvalue weighted by Crippen LogP contribution is 2.43. The van der Waals surface area contributed by atoms with Crippen molar-refractivity contribution in [3.63, 3.8) is 0 Å². The number of carbonyl (C=O) groups is 3. The number of amides is 2. The van der Waals surface area contributed by atoms with Crippen LogP contribution >= 0.6 is 0 Å². The lowest BCUT2D eigenvalue weighted by Gasteiger charge is -2.19. The first-order valence-corrected chi connectivity index (χ1v) is 8.68. The molecule has 0 fully saturated rings. The Morgan fingerprint density at radius 2 is 1.80 bits per heavy atom. The van der Waals surface area contributed by atoms with E-state index in [1.807, 2.05) is 0 Å². The minimum atomic E-state index is -4.82. The van der Waals surface area contributed by atoms with Crippen LogP contribution in [0.4, 0.5) is 24.5 Å². The van der Waals surface area contributed by atoms with Gasteiger partial charge in [-0.2, -0.15) is 13.2 Å². The van der Waals surface area contributed by atoms with Crippen molar-refractivity contribution in [2.75, 3.05) is 10.6 Å². The predicted molar refractivity (Wildman–Crippen MR) is 105 cm³/mol. The zero-order valence-corrected chi connectivity index (χ0v) is 16.0. The summed E-state index contributed by atoms with van der Waals surface area (Å²) in [6.07, 6.45) is -4.64. The van der Waals surface area contributed by atoms with E-state index in [1.54, 1.807) is 0 Å². The summed E-state index contributed by atoms with van der Waals surface area (Å²) in [6, 6.07) is 5.09. The van der Waals surface area contributed by atoms with E-state index in [4.69, 9.17) is 5.41 Å². The van der Waals surface area contributed by atoms with Crippen LogP contribution in [0.2, 0.25) is 0 Å². The van der Waals surface area contributed by atoms with E-state index in [0.29, 0.717) is 0 Å². The maximum atomic E-state index is 13.7. The van der Waals surface area contributed by atoms with Crippen molar-refractivity contribution in [3.05, 3.63) is 41.5 Å². The van der Waals surface area contributed by atoms with Gasteiger partial charge in [0.2, 0.25) is 11.8 Å². The largest absolute Gasteiger partial charge is 0.507 e. The van der Waals surface area contributed by atoms with Crippen LogP contribution in [0.15, 0.2) is 30.3 Å². The third-order valence-corrected chi connectivity index (χ3v) is 4.07. The molecule has 0 spiro atoms. The van der Waals surface area contributed by atoms with Crippen molar-refractivity contribution < 1.29 is 32.7 Å². The number of nitrogens with one attached hydrogen (secondary N) is 3. The Labute approximate surface area is 169 Å². The van der Waals surface area contributed by atoms with Crippen molar-refractivity contribution in [1.29, 1.82) is 5.41 Å². The molecule has 0 aliphatic heterocycles. The summed E-state index contributed by atoms with van der Waals surface area (Å²) in [7, 11) is 0. The van der Waals surface area contributed by atoms with Gasteiger partial charge in [-0.25, -0.2) is 0 Å². The number of rotatable bonds is 6. The molecule has 7 nitrogen and oxygen atoms in total. The SMILES string of the molecule is CCC(=O)Nc1cc(C(=N)C=O)c(O)cc1-c1ccc(NC(C)=O)cc1C(F)(F)F. The molecule has 0 radical (unpaired) electrons. The van der Waals surface area contributed by atoms with Crippen LogP contribution in [0.25, 0.3) is 11.1 Å². The number of carbonyl (C=O) groups excluding carboxylic acids is 3. The summed E-state index contributed by atoms with van der Waals surface area (Å²) in [5, 5.41) is 22.5. The summed E-state index contributed by atoms with van der Waals surface area (Å²) in [5.74, 6) is -1.68. The van der Waals surface area contributed by atoms with Gasteiger partial charge in [-0.3, -0.25) is 19.8 Å². The van der Waals surface area contributed by atoms with Gasteiger partial charge in [0.1, 0.15) is 11.5 Å². The molecule has 10 heteroatoms. The molecule has 0 aromatic heterocycles. The lowest BCUT2D eigenvalue weighted by atomic mass is 9.94. The van der Waals surface area contributed by atoms with E-state index in [-0.39, 0.29) is 40.8 Å². The minimum absolute atomic E-state index is 0.0222. The van der Waals surface area contributed by atoms with E-state index in [0.717, 1.165) is 31.2 Å². The summed E-state index contributed by atoms with van der Waals surface area (Å²) in [4.78, 5) is 34.0. The maximum absolute atomic E-state index is 13.7. The zero-order valence-electron chi connectivity index (χ0n) is 16.0. The molecule has 4 N–H and O–H groups in total. The van der Waals surface area contributed by atoms with Crippen molar-refractivity contribution in [3.8, 4) is 16.9 Å². The molecule has 0 heterocycles. The van der Waals surface area contributed by atoms with Gasteiger partial charge in [-0.15, -0.1) is 0 Å². The number of benzene rings is 2. The highest BCUT2D eigenvalue weighted by atomic mass is 19.4. The fourth-order valence-corrected chi connectivity index (χ4v) is 2.73. The summed E-state index contributed by atoms with van der Waals surface area (Å²) >= 11 is 0. The lowest BCUT2D eigenvalue weighted by molar-refractivity contribution is -0.137. The number of hydrogen-bond acceptors (Lipinski definition) is 5. The van der Waals surface area contributed by atoms with Crippen molar-refractivity contribution in [2.24, 2.45) is 0 Å². The topological polar surface area (TPSA) is 119 Å². The number of alkyl halides is 3. The molecule has 0 aliphatic carbocycles. The molecular formula is C20H18F3N3O4. The third-order valence-electron chi connectivity index (χ3n) is 4.07. The second-order valence-corrected chi connectivity index (χ2v) is 6.29. The van der Waals surface area contributed by atoms with Crippen LogP contribution in [0, 0.1) is 5.41 Å². The molecule has 2 aromatic carbocycles. The first-order valence-electron chi connectivity index (χ1n) is 8.68. The number of anilines is 2. The molecule has 2 aromatic rings. The van der Waals surface area contributed by atoms with Crippen LogP contribution in [0.3, 0.4) is 0 Å². The number of halogens is 3. The first-order chi connectivity index (χ1) is 14.0. The molecule has 2 rings (SSSR count). The van der Waals surface area contributed by atoms with Gasteiger partial charge in [0.25, 0.3) is 0 Å². The second-order valence-electron chi connectivity index (χ2n) is 6.29. The van der Waals surface area contributed by atoms with Crippen molar-refractivity contribution in [1.82, 2.24) is 0 Å². The normalized spacial score (nSPS) is 11.0. The van der Waals surface area contributed by atoms with E-state index < -0.39 is 35.0 Å². The fraction of sp³-hybridized carbons (Fsp3) is 0.200. The average Bonchev–Trinajstić information content (AvgIpc) is 2.67. The van der Waals surface area contributed by atoms with Gasteiger partial charge in [0, 0.05) is 35.8 Å². The number of phenols is 1. The highest BCUT2D eigenvalue weighted by molar-refractivity contribution is 6.35. The molecule has 0 aliphatic rings. The van der Waals surface area contributed by atoms with Gasteiger partial charge in [-0.1, -0.05) is 13.0 Å². The molecule has 2 amide bonds. The number of hydrogen-bond donors (Lipinski definition) is 4. The number of aldehydes is 1. The average molecular weight is 421 g/mol. The Hall–Kier alpha value is -3.69. The summed E-state index contributed by atoms with van der Waals surface area (Å²) in [6.45, 7) is 2.69. The Kier molecular flexibility index (Phi) is 6.60. The first kappa shape index (κ1) is 22.6. The molecule has 0 unspecified atom stereocenters. The quantitative estimate of drug-likeness (QED) is 0.321. The molecule has 0 atom stereocenters. The van der Waals surface area contributed by atoms with Crippen LogP contribution in [0.5, 0.6) is 5.75 Å². The van der Waals surface area contributed by atoms with Crippen molar-refractivity contribution >= 4 is 35.2 Å². The monoisotopic (exact) mass is 421 g/mol. The van der Waals surface area contributed by atoms with Gasteiger partial charge in [0.15, 0.2) is 6.29 Å². The minimum Gasteiger partial charge on any atom is -0.507 e. The fourth-order valence-electron chi connectivity index (χ4n) is 2.73. The van der Waals surface area contributed by atoms with E-state index in [2.05, 4.69) is 10.6 Å². The lowest BCUT2D eigenvalue weighted by Crippen LogP contribution is -2.14. The van der Waals surface area contributed by atoms with E-state index in [9.17, 15) is 32.7 Å². The standard InChI is InChI=1S/C20H18F3N3O4/c1-3-19(30)26-17-7-14(16(24)9-27)18(29)8-13(17)12-5-4-11(25-10(2)28)6-15(12)20(21,22)23/h4-9,24,29H,3H2,1-2H3,(H,25,28)(H,26,30). The molecule has 0 saturated heterocycles.